The number of benzene rings is 1. The van der Waals surface area contributed by atoms with E-state index < -0.39 is 0 Å². The maximum atomic E-state index is 12.0. The molecule has 8 heteroatoms. The van der Waals surface area contributed by atoms with Crippen molar-refractivity contribution >= 4 is 34.7 Å². The number of likely N-dealkylation sites (tertiary alicyclic amines) is 1. The fourth-order valence-electron chi connectivity index (χ4n) is 6.03. The smallest absolute Gasteiger partial charge is 0.245 e. The molecule has 2 aliphatic heterocycles. The highest BCUT2D eigenvalue weighted by Crippen LogP contribution is 2.46. The van der Waals surface area contributed by atoms with Crippen LogP contribution in [0.3, 0.4) is 0 Å². The summed E-state index contributed by atoms with van der Waals surface area (Å²) in [7, 11) is 0. The van der Waals surface area contributed by atoms with Crippen LogP contribution >= 0.6 is 11.3 Å². The zero-order chi connectivity index (χ0) is 25.7. The Bertz CT molecular complexity index is 1510. The van der Waals surface area contributed by atoms with Gasteiger partial charge >= 0.3 is 0 Å². The molecule has 2 aromatic heterocycles. The summed E-state index contributed by atoms with van der Waals surface area (Å²) in [6.07, 6.45) is 5.98. The van der Waals surface area contributed by atoms with Gasteiger partial charge in [-0.2, -0.15) is 5.26 Å². The van der Waals surface area contributed by atoms with Crippen LogP contribution in [-0.4, -0.2) is 52.1 Å². The Morgan fingerprint density at radius 2 is 2.08 bits per heavy atom. The van der Waals surface area contributed by atoms with Gasteiger partial charge in [0.2, 0.25) is 5.91 Å². The summed E-state index contributed by atoms with van der Waals surface area (Å²) in [5, 5.41) is 21.2. The fraction of sp³-hybridized carbons (Fsp3) is 0.310. The minimum absolute atomic E-state index is 0.0127. The molecule has 0 saturated carbocycles. The summed E-state index contributed by atoms with van der Waals surface area (Å²) in [6.45, 7) is 8.52. The lowest BCUT2D eigenvalue weighted by molar-refractivity contribution is -0.136. The number of thiazole rings is 1. The van der Waals surface area contributed by atoms with Crippen molar-refractivity contribution in [1.82, 2.24) is 14.9 Å². The van der Waals surface area contributed by atoms with Crippen LogP contribution in [0.5, 0.6) is 5.75 Å². The number of hydrogen-bond acceptors (Lipinski definition) is 7. The second-order valence-corrected chi connectivity index (χ2v) is 11.0. The van der Waals surface area contributed by atoms with E-state index in [-0.39, 0.29) is 17.1 Å². The number of para-hydroxylation sites is 1. The number of pyridine rings is 1. The first-order chi connectivity index (χ1) is 17.9. The molecule has 2 saturated heterocycles. The van der Waals surface area contributed by atoms with Gasteiger partial charge in [0.25, 0.3) is 0 Å². The zero-order valence-electron chi connectivity index (χ0n) is 20.7. The van der Waals surface area contributed by atoms with Crippen LogP contribution in [0.25, 0.3) is 22.8 Å². The first-order valence-corrected chi connectivity index (χ1v) is 13.3. The van der Waals surface area contributed by atoms with Crippen molar-refractivity contribution in [3.63, 3.8) is 0 Å². The van der Waals surface area contributed by atoms with Gasteiger partial charge < -0.3 is 14.9 Å². The molecule has 3 aromatic rings. The molecule has 1 aliphatic carbocycles. The van der Waals surface area contributed by atoms with Gasteiger partial charge in [0.1, 0.15) is 23.2 Å². The highest BCUT2D eigenvalue weighted by atomic mass is 32.1. The molecule has 0 unspecified atom stereocenters. The number of fused-ring (bicyclic) bond motifs is 1. The highest BCUT2D eigenvalue weighted by Gasteiger charge is 2.49. The van der Waals surface area contributed by atoms with E-state index in [2.05, 4.69) is 28.6 Å². The second kappa shape index (κ2) is 8.86. The summed E-state index contributed by atoms with van der Waals surface area (Å²) in [5.74, 6) is 0.775. The Balaban J connectivity index is 1.47. The van der Waals surface area contributed by atoms with E-state index in [0.29, 0.717) is 30.0 Å². The second-order valence-electron chi connectivity index (χ2n) is 10.2. The Morgan fingerprint density at radius 3 is 2.78 bits per heavy atom. The minimum Gasteiger partial charge on any atom is -0.507 e. The van der Waals surface area contributed by atoms with Crippen molar-refractivity contribution < 1.29 is 9.90 Å². The third-order valence-corrected chi connectivity index (χ3v) is 8.87. The van der Waals surface area contributed by atoms with E-state index in [9.17, 15) is 15.2 Å². The fourth-order valence-corrected chi connectivity index (χ4v) is 6.88. The zero-order valence-corrected chi connectivity index (χ0v) is 21.5. The molecule has 1 N–H and O–H groups in total. The molecule has 0 bridgehead atoms. The molecule has 2 fully saturated rings. The summed E-state index contributed by atoms with van der Waals surface area (Å²) in [5.41, 5.74) is 7.87. The number of carbonyl (C=O) groups excluding carboxylic acids is 1. The van der Waals surface area contributed by atoms with E-state index in [1.54, 1.807) is 23.5 Å². The number of anilines is 1. The lowest BCUT2D eigenvalue weighted by Gasteiger charge is -2.47. The number of aromatic hydroxyl groups is 1. The van der Waals surface area contributed by atoms with Crippen LogP contribution in [0.4, 0.5) is 5.82 Å². The molecule has 1 spiro atoms. The lowest BCUT2D eigenvalue weighted by Crippen LogP contribution is -2.59. The molecule has 0 atom stereocenters. The van der Waals surface area contributed by atoms with Crippen molar-refractivity contribution in [2.75, 3.05) is 31.1 Å². The summed E-state index contributed by atoms with van der Waals surface area (Å²) in [4.78, 5) is 26.7. The number of aromatic nitrogens is 2. The average Bonchev–Trinajstić information content (AvgIpc) is 3.53. The molecule has 186 valence electrons. The van der Waals surface area contributed by atoms with Gasteiger partial charge in [-0.1, -0.05) is 24.8 Å². The number of hydrogen-bond donors (Lipinski definition) is 1. The topological polar surface area (TPSA) is 93.4 Å². The molecule has 3 aliphatic rings. The van der Waals surface area contributed by atoms with E-state index in [0.717, 1.165) is 54.9 Å². The van der Waals surface area contributed by atoms with Gasteiger partial charge in [0.15, 0.2) is 0 Å². The van der Waals surface area contributed by atoms with Gasteiger partial charge in [-0.25, -0.2) is 9.97 Å². The maximum Gasteiger partial charge on any atom is 0.245 e. The van der Waals surface area contributed by atoms with Gasteiger partial charge in [0.05, 0.1) is 21.8 Å². The van der Waals surface area contributed by atoms with Crippen LogP contribution in [0.15, 0.2) is 42.4 Å². The average molecular weight is 510 g/mol. The molecule has 7 nitrogen and oxygen atoms in total. The Morgan fingerprint density at radius 1 is 1.27 bits per heavy atom. The number of amides is 1. The summed E-state index contributed by atoms with van der Waals surface area (Å²) < 4.78 is 0. The quantitative estimate of drug-likeness (QED) is 0.508. The molecule has 1 amide bonds. The predicted molar refractivity (Wildman–Crippen MR) is 145 cm³/mol. The first kappa shape index (κ1) is 23.4. The van der Waals surface area contributed by atoms with Crippen molar-refractivity contribution in [3.05, 3.63) is 69.8 Å². The van der Waals surface area contributed by atoms with Crippen LogP contribution in [-0.2, 0) is 11.2 Å². The number of carbonyl (C=O) groups is 1. The number of phenolic OH excluding ortho intramolecular Hbond substituents is 1. The molecule has 6 rings (SSSR count). The SMILES string of the molecule is C=CC(=O)N1CC2(CCN(c3nc4c(c(-c5ccccc5O)c3C#N)CCC(c3scnc3C)=C4)C2)C1. The van der Waals surface area contributed by atoms with Gasteiger partial charge in [0, 0.05) is 42.7 Å². The Labute approximate surface area is 220 Å². The van der Waals surface area contributed by atoms with E-state index in [4.69, 9.17) is 4.98 Å². The standard InChI is InChI=1S/C29H27N5O2S/c1-3-25(36)34-15-29(16-34)10-11-33(14-29)28-22(13-30)26(21-6-4-5-7-24(21)35)20-9-8-19(12-23(20)32-28)27-18(2)31-17-37-27/h3-7,12,17,35H,1,8-11,14-16H2,2H3. The molecule has 1 aromatic carbocycles. The summed E-state index contributed by atoms with van der Waals surface area (Å²) >= 11 is 1.64. The Kier molecular flexibility index (Phi) is 5.61. The Hall–Kier alpha value is -3.96. The third kappa shape index (κ3) is 3.82. The van der Waals surface area contributed by atoms with Crippen molar-refractivity contribution in [3.8, 4) is 22.9 Å². The number of allylic oxidation sites excluding steroid dienone is 1. The number of nitrogens with zero attached hydrogens (tertiary/aromatic N) is 5. The largest absolute Gasteiger partial charge is 0.507 e. The minimum atomic E-state index is -0.0356. The molecular formula is C29H27N5O2S. The summed E-state index contributed by atoms with van der Waals surface area (Å²) in [6, 6.07) is 9.66. The van der Waals surface area contributed by atoms with Crippen molar-refractivity contribution in [2.45, 2.75) is 26.2 Å². The lowest BCUT2D eigenvalue weighted by atomic mass is 9.79. The van der Waals surface area contributed by atoms with Crippen LogP contribution in [0.2, 0.25) is 0 Å². The van der Waals surface area contributed by atoms with E-state index in [1.165, 1.54) is 16.5 Å². The van der Waals surface area contributed by atoms with Crippen LogP contribution in [0.1, 0.15) is 40.2 Å². The normalized spacial score (nSPS) is 17.7. The van der Waals surface area contributed by atoms with E-state index in [1.807, 2.05) is 29.5 Å². The van der Waals surface area contributed by atoms with E-state index >= 15 is 0 Å². The molecule has 0 radical (unpaired) electrons. The van der Waals surface area contributed by atoms with Crippen LogP contribution < -0.4 is 4.90 Å². The number of nitriles is 1. The predicted octanol–water partition coefficient (Wildman–Crippen LogP) is 4.80. The molecular weight excluding hydrogens is 482 g/mol. The number of aryl methyl sites for hydroxylation is 1. The van der Waals surface area contributed by atoms with Crippen LogP contribution in [0, 0.1) is 23.7 Å². The van der Waals surface area contributed by atoms with Crippen molar-refractivity contribution in [2.24, 2.45) is 5.41 Å². The van der Waals surface area contributed by atoms with Gasteiger partial charge in [-0.3, -0.25) is 4.79 Å². The monoisotopic (exact) mass is 509 g/mol. The number of rotatable bonds is 4. The van der Waals surface area contributed by atoms with Crippen molar-refractivity contribution in [1.29, 1.82) is 5.26 Å². The van der Waals surface area contributed by atoms with Gasteiger partial charge in [-0.05, 0) is 55.5 Å². The molecule has 37 heavy (non-hydrogen) atoms. The highest BCUT2D eigenvalue weighted by molar-refractivity contribution is 7.11. The maximum absolute atomic E-state index is 12.0. The first-order valence-electron chi connectivity index (χ1n) is 12.5. The van der Waals surface area contributed by atoms with Gasteiger partial charge in [-0.15, -0.1) is 11.3 Å². The number of phenols is 1. The third-order valence-electron chi connectivity index (χ3n) is 7.87. The molecule has 4 heterocycles.